The standard InChI is InChI=1S/C29H22ClN3O5/c1-36-27-15-26(32-17-25(27)23-14-21(30)10-7-19(23)16-31)24(13-18-5-3-2-4-6-18)28(34)33-22-11-8-20(9-12-22)29(35)37-38-29/h2-12,14-15,17,24,35H,13H2,1H3,(H,33,34). The normalized spacial score (nSPS) is 14.3. The van der Waals surface area contributed by atoms with E-state index >= 15 is 0 Å². The third-order valence-electron chi connectivity index (χ3n) is 6.21. The Hall–Kier alpha value is -4.26. The van der Waals surface area contributed by atoms with E-state index in [0.29, 0.717) is 50.8 Å². The number of aliphatic hydroxyl groups is 1. The predicted molar refractivity (Wildman–Crippen MR) is 140 cm³/mol. The summed E-state index contributed by atoms with van der Waals surface area (Å²) in [4.78, 5) is 27.3. The van der Waals surface area contributed by atoms with Gasteiger partial charge in [0.2, 0.25) is 5.91 Å². The molecule has 2 N–H and O–H groups in total. The van der Waals surface area contributed by atoms with E-state index in [4.69, 9.17) is 16.3 Å². The summed E-state index contributed by atoms with van der Waals surface area (Å²) in [6.45, 7) is 0. The first kappa shape index (κ1) is 25.4. The summed E-state index contributed by atoms with van der Waals surface area (Å²) in [5.41, 5.74) is 4.00. The molecule has 1 aromatic heterocycles. The van der Waals surface area contributed by atoms with Crippen LogP contribution in [0.25, 0.3) is 11.1 Å². The lowest BCUT2D eigenvalue weighted by Gasteiger charge is -2.19. The van der Waals surface area contributed by atoms with Crippen molar-refractivity contribution in [2.75, 3.05) is 12.4 Å². The third-order valence-corrected chi connectivity index (χ3v) is 6.45. The fraction of sp³-hybridized carbons (Fsp3) is 0.138. The second kappa shape index (κ2) is 10.6. The van der Waals surface area contributed by atoms with Gasteiger partial charge in [-0.2, -0.15) is 15.0 Å². The molecule has 190 valence electrons. The van der Waals surface area contributed by atoms with Crippen molar-refractivity contribution in [3.05, 3.63) is 112 Å². The highest BCUT2D eigenvalue weighted by molar-refractivity contribution is 6.31. The molecule has 1 saturated heterocycles. The van der Waals surface area contributed by atoms with Crippen LogP contribution in [0.2, 0.25) is 5.02 Å². The average molecular weight is 528 g/mol. The molecule has 38 heavy (non-hydrogen) atoms. The summed E-state index contributed by atoms with van der Waals surface area (Å²) in [6.07, 6.45) is 1.99. The Morgan fingerprint density at radius 2 is 1.84 bits per heavy atom. The zero-order chi connectivity index (χ0) is 26.7. The van der Waals surface area contributed by atoms with Crippen LogP contribution in [0.15, 0.2) is 85.1 Å². The Morgan fingerprint density at radius 3 is 2.50 bits per heavy atom. The van der Waals surface area contributed by atoms with Crippen molar-refractivity contribution >= 4 is 23.2 Å². The number of amides is 1. The highest BCUT2D eigenvalue weighted by Gasteiger charge is 2.49. The molecular formula is C29H22ClN3O5. The summed E-state index contributed by atoms with van der Waals surface area (Å²) >= 11 is 6.20. The topological polar surface area (TPSA) is 120 Å². The van der Waals surface area contributed by atoms with Gasteiger partial charge in [-0.15, -0.1) is 0 Å². The van der Waals surface area contributed by atoms with Crippen molar-refractivity contribution in [2.45, 2.75) is 18.3 Å². The number of carbonyl (C=O) groups excluding carboxylic acids is 1. The highest BCUT2D eigenvalue weighted by Crippen LogP contribution is 2.38. The van der Waals surface area contributed by atoms with Crippen LogP contribution in [-0.4, -0.2) is 23.1 Å². The maximum Gasteiger partial charge on any atom is 0.365 e. The van der Waals surface area contributed by atoms with Gasteiger partial charge in [-0.25, -0.2) is 0 Å². The van der Waals surface area contributed by atoms with E-state index in [-0.39, 0.29) is 5.91 Å². The minimum Gasteiger partial charge on any atom is -0.496 e. The predicted octanol–water partition coefficient (Wildman–Crippen LogP) is 5.31. The minimum absolute atomic E-state index is 0.276. The number of carbonyl (C=O) groups is 1. The quantitative estimate of drug-likeness (QED) is 0.235. The van der Waals surface area contributed by atoms with Gasteiger partial charge in [-0.1, -0.05) is 41.9 Å². The Balaban J connectivity index is 1.48. The van der Waals surface area contributed by atoms with Crippen LogP contribution < -0.4 is 10.1 Å². The number of hydrogen-bond acceptors (Lipinski definition) is 7. The highest BCUT2D eigenvalue weighted by atomic mass is 35.5. The Bertz CT molecular complexity index is 1520. The smallest absolute Gasteiger partial charge is 0.365 e. The number of hydrogen-bond donors (Lipinski definition) is 2. The van der Waals surface area contributed by atoms with Gasteiger partial charge < -0.3 is 15.2 Å². The van der Waals surface area contributed by atoms with E-state index in [1.54, 1.807) is 54.7 Å². The molecule has 1 aliphatic heterocycles. The zero-order valence-electron chi connectivity index (χ0n) is 20.2. The van der Waals surface area contributed by atoms with E-state index in [1.807, 2.05) is 30.3 Å². The number of nitriles is 1. The lowest BCUT2D eigenvalue weighted by molar-refractivity contribution is -0.117. The number of anilines is 1. The second-order valence-corrected chi connectivity index (χ2v) is 9.11. The maximum atomic E-state index is 13.6. The van der Waals surface area contributed by atoms with Crippen molar-refractivity contribution < 1.29 is 24.4 Å². The number of halogens is 1. The number of nitrogens with one attached hydrogen (secondary N) is 1. The van der Waals surface area contributed by atoms with Gasteiger partial charge in [0.1, 0.15) is 5.75 Å². The maximum absolute atomic E-state index is 13.6. The van der Waals surface area contributed by atoms with Gasteiger partial charge in [-0.3, -0.25) is 9.78 Å². The van der Waals surface area contributed by atoms with E-state index in [0.717, 1.165) is 5.56 Å². The molecule has 0 saturated carbocycles. The van der Waals surface area contributed by atoms with Crippen LogP contribution in [0.1, 0.15) is 28.3 Å². The van der Waals surface area contributed by atoms with Crippen LogP contribution in [0.5, 0.6) is 5.75 Å². The third kappa shape index (κ3) is 5.37. The number of pyridine rings is 1. The van der Waals surface area contributed by atoms with Crippen LogP contribution in [-0.2, 0) is 27.0 Å². The van der Waals surface area contributed by atoms with Crippen molar-refractivity contribution in [1.82, 2.24) is 4.98 Å². The first-order valence-electron chi connectivity index (χ1n) is 11.7. The number of aromatic nitrogens is 1. The van der Waals surface area contributed by atoms with Crippen molar-refractivity contribution in [3.8, 4) is 22.9 Å². The lowest BCUT2D eigenvalue weighted by Crippen LogP contribution is -2.24. The van der Waals surface area contributed by atoms with Crippen LogP contribution in [0.3, 0.4) is 0 Å². The molecule has 8 nitrogen and oxygen atoms in total. The Labute approximate surface area is 223 Å². The summed E-state index contributed by atoms with van der Waals surface area (Å²) < 4.78 is 5.66. The number of ether oxygens (including phenoxy) is 1. The van der Waals surface area contributed by atoms with Crippen LogP contribution >= 0.6 is 11.6 Å². The van der Waals surface area contributed by atoms with Crippen molar-refractivity contribution in [1.29, 1.82) is 5.26 Å². The van der Waals surface area contributed by atoms with Crippen molar-refractivity contribution in [2.24, 2.45) is 0 Å². The molecule has 2 heterocycles. The Morgan fingerprint density at radius 1 is 1.11 bits per heavy atom. The summed E-state index contributed by atoms with van der Waals surface area (Å²) in [6, 6.07) is 25.0. The van der Waals surface area contributed by atoms with Gasteiger partial charge in [0, 0.05) is 39.7 Å². The molecule has 1 fully saturated rings. The van der Waals surface area contributed by atoms with Gasteiger partial charge >= 0.3 is 5.97 Å². The summed E-state index contributed by atoms with van der Waals surface area (Å²) in [7, 11) is 1.52. The van der Waals surface area contributed by atoms with Gasteiger partial charge in [0.25, 0.3) is 0 Å². The molecule has 4 aromatic rings. The summed E-state index contributed by atoms with van der Waals surface area (Å²) in [5, 5.41) is 22.9. The van der Waals surface area contributed by atoms with Crippen LogP contribution in [0.4, 0.5) is 5.69 Å². The number of methoxy groups -OCH3 is 1. The molecule has 1 atom stereocenters. The number of rotatable bonds is 8. The molecule has 3 aromatic carbocycles. The first-order chi connectivity index (χ1) is 18.4. The lowest BCUT2D eigenvalue weighted by atomic mass is 9.93. The van der Waals surface area contributed by atoms with E-state index < -0.39 is 11.9 Å². The van der Waals surface area contributed by atoms with E-state index in [2.05, 4.69) is 26.1 Å². The largest absolute Gasteiger partial charge is 0.496 e. The number of nitrogens with zero attached hydrogens (tertiary/aromatic N) is 2. The molecule has 0 bridgehead atoms. The monoisotopic (exact) mass is 527 g/mol. The molecule has 0 spiro atoms. The summed E-state index contributed by atoms with van der Waals surface area (Å²) in [5.74, 6) is -2.20. The fourth-order valence-corrected chi connectivity index (χ4v) is 4.33. The SMILES string of the molecule is COc1cc(C(Cc2ccccc2)C(=O)Nc2ccc(C3(O)OO3)cc2)ncc1-c1cc(Cl)ccc1C#N. The number of benzene rings is 3. The first-order valence-corrected chi connectivity index (χ1v) is 12.1. The zero-order valence-corrected chi connectivity index (χ0v) is 21.0. The van der Waals surface area contributed by atoms with Gasteiger partial charge in [0.15, 0.2) is 0 Å². The van der Waals surface area contributed by atoms with E-state index in [9.17, 15) is 15.2 Å². The van der Waals surface area contributed by atoms with Gasteiger partial charge in [0.05, 0.1) is 30.4 Å². The van der Waals surface area contributed by atoms with Crippen LogP contribution in [0, 0.1) is 11.3 Å². The fourth-order valence-electron chi connectivity index (χ4n) is 4.16. The van der Waals surface area contributed by atoms with Crippen molar-refractivity contribution in [3.63, 3.8) is 0 Å². The molecule has 0 radical (unpaired) electrons. The average Bonchev–Trinajstić information content (AvgIpc) is 3.70. The second-order valence-electron chi connectivity index (χ2n) is 8.67. The molecule has 9 heteroatoms. The van der Waals surface area contributed by atoms with E-state index in [1.165, 1.54) is 7.11 Å². The molecule has 0 aliphatic carbocycles. The minimum atomic E-state index is -1.73. The van der Waals surface area contributed by atoms with Gasteiger partial charge in [-0.05, 0) is 54.4 Å². The molecule has 1 aliphatic rings. The molecule has 1 amide bonds. The Kier molecular flexibility index (Phi) is 7.09. The molecule has 1 unspecified atom stereocenters. The molecule has 5 rings (SSSR count). The molecular weight excluding hydrogens is 506 g/mol.